The molecule has 1 aromatic rings. The quantitative estimate of drug-likeness (QED) is 0.804. The van der Waals surface area contributed by atoms with Crippen LogP contribution in [-0.2, 0) is 0 Å². The van der Waals surface area contributed by atoms with Crippen molar-refractivity contribution in [2.24, 2.45) is 0 Å². The summed E-state index contributed by atoms with van der Waals surface area (Å²) in [4.78, 5) is 25.9. The van der Waals surface area contributed by atoms with Crippen molar-refractivity contribution in [3.05, 3.63) is 35.9 Å². The highest BCUT2D eigenvalue weighted by Gasteiger charge is 2.44. The number of aryl methyl sites for hydroxylation is 1. The predicted molar refractivity (Wildman–Crippen MR) is 90.4 cm³/mol. The molecule has 1 amide bonds. The molecule has 0 aliphatic carbocycles. The van der Waals surface area contributed by atoms with Crippen LogP contribution in [0.15, 0.2) is 19.0 Å². The molecule has 23 heavy (non-hydrogen) atoms. The van der Waals surface area contributed by atoms with E-state index in [1.807, 2.05) is 24.8 Å². The molecule has 1 atom stereocenters. The van der Waals surface area contributed by atoms with E-state index in [2.05, 4.69) is 21.4 Å². The van der Waals surface area contributed by atoms with Gasteiger partial charge in [-0.2, -0.15) is 0 Å². The van der Waals surface area contributed by atoms with E-state index < -0.39 is 0 Å². The average Bonchev–Trinajstić information content (AvgIpc) is 2.92. The summed E-state index contributed by atoms with van der Waals surface area (Å²) in [7, 11) is 0. The number of carbonyl (C=O) groups excluding carboxylic acids is 1. The molecule has 2 aliphatic rings. The SMILES string of the molecule is C=CCN1CCCC12CCCN(C(=O)c1ncnc(C)c1C)C2. The first-order chi connectivity index (χ1) is 11.1. The minimum absolute atomic E-state index is 0.0533. The van der Waals surface area contributed by atoms with E-state index in [-0.39, 0.29) is 11.4 Å². The van der Waals surface area contributed by atoms with Gasteiger partial charge in [-0.1, -0.05) is 6.08 Å². The fraction of sp³-hybridized carbons (Fsp3) is 0.611. The van der Waals surface area contributed by atoms with Crippen LogP contribution >= 0.6 is 0 Å². The molecule has 0 N–H and O–H groups in total. The van der Waals surface area contributed by atoms with E-state index in [1.54, 1.807) is 0 Å². The monoisotopic (exact) mass is 314 g/mol. The minimum Gasteiger partial charge on any atom is -0.335 e. The van der Waals surface area contributed by atoms with Crippen molar-refractivity contribution >= 4 is 5.91 Å². The van der Waals surface area contributed by atoms with Gasteiger partial charge < -0.3 is 4.90 Å². The van der Waals surface area contributed by atoms with Gasteiger partial charge in [0.1, 0.15) is 12.0 Å². The topological polar surface area (TPSA) is 49.3 Å². The second-order valence-corrected chi connectivity index (χ2v) is 6.83. The minimum atomic E-state index is 0.0533. The fourth-order valence-electron chi connectivity index (χ4n) is 4.09. The molecule has 124 valence electrons. The van der Waals surface area contributed by atoms with Crippen LogP contribution in [0.25, 0.3) is 0 Å². The number of aromatic nitrogens is 2. The molecular weight excluding hydrogens is 288 g/mol. The van der Waals surface area contributed by atoms with Crippen molar-refractivity contribution in [2.45, 2.75) is 45.1 Å². The fourth-order valence-corrected chi connectivity index (χ4v) is 4.09. The van der Waals surface area contributed by atoms with Gasteiger partial charge in [-0.25, -0.2) is 9.97 Å². The number of likely N-dealkylation sites (tertiary alicyclic amines) is 2. The van der Waals surface area contributed by atoms with Crippen LogP contribution < -0.4 is 0 Å². The molecule has 0 aromatic carbocycles. The Morgan fingerprint density at radius 1 is 1.30 bits per heavy atom. The summed E-state index contributed by atoms with van der Waals surface area (Å²) < 4.78 is 0. The average molecular weight is 314 g/mol. The van der Waals surface area contributed by atoms with Crippen LogP contribution in [0, 0.1) is 13.8 Å². The third-order valence-corrected chi connectivity index (χ3v) is 5.47. The lowest BCUT2D eigenvalue weighted by Crippen LogP contribution is -2.57. The molecule has 3 rings (SSSR count). The van der Waals surface area contributed by atoms with Gasteiger partial charge in [0.25, 0.3) is 5.91 Å². The third kappa shape index (κ3) is 2.90. The number of amides is 1. The van der Waals surface area contributed by atoms with Crippen LogP contribution in [0.5, 0.6) is 0 Å². The number of hydrogen-bond donors (Lipinski definition) is 0. The molecule has 0 saturated carbocycles. The van der Waals surface area contributed by atoms with Gasteiger partial charge in [0.05, 0.1) is 0 Å². The van der Waals surface area contributed by atoms with Gasteiger partial charge >= 0.3 is 0 Å². The van der Waals surface area contributed by atoms with Gasteiger partial charge in [0, 0.05) is 36.4 Å². The molecule has 5 nitrogen and oxygen atoms in total. The zero-order chi connectivity index (χ0) is 16.4. The summed E-state index contributed by atoms with van der Waals surface area (Å²) in [5.74, 6) is 0.0533. The number of nitrogens with zero attached hydrogens (tertiary/aromatic N) is 4. The lowest BCUT2D eigenvalue weighted by molar-refractivity contribution is 0.0362. The molecule has 3 heterocycles. The second-order valence-electron chi connectivity index (χ2n) is 6.83. The maximum absolute atomic E-state index is 13.0. The molecule has 2 saturated heterocycles. The standard InChI is InChI=1S/C18H26N4O/c1-4-9-22-11-6-8-18(22)7-5-10-21(12-18)17(23)16-14(2)15(3)19-13-20-16/h4,13H,1,5-12H2,2-3H3. The number of carbonyl (C=O) groups is 1. The zero-order valence-electron chi connectivity index (χ0n) is 14.2. The summed E-state index contributed by atoms with van der Waals surface area (Å²) in [6.45, 7) is 11.4. The van der Waals surface area contributed by atoms with Gasteiger partial charge in [0.2, 0.25) is 0 Å². The highest BCUT2D eigenvalue weighted by atomic mass is 16.2. The molecule has 1 spiro atoms. The summed E-state index contributed by atoms with van der Waals surface area (Å²) in [6.07, 6.45) is 8.09. The molecule has 0 radical (unpaired) electrons. The predicted octanol–water partition coefficient (Wildman–Crippen LogP) is 2.35. The Kier molecular flexibility index (Phi) is 4.48. The van der Waals surface area contributed by atoms with Crippen molar-refractivity contribution in [3.8, 4) is 0 Å². The largest absolute Gasteiger partial charge is 0.335 e. The van der Waals surface area contributed by atoms with Crippen LogP contribution in [0.3, 0.4) is 0 Å². The van der Waals surface area contributed by atoms with Crippen molar-refractivity contribution in [3.63, 3.8) is 0 Å². The highest BCUT2D eigenvalue weighted by Crippen LogP contribution is 2.37. The van der Waals surface area contributed by atoms with Crippen LogP contribution in [0.4, 0.5) is 0 Å². The van der Waals surface area contributed by atoms with Crippen LogP contribution in [0.1, 0.15) is 47.4 Å². The number of hydrogen-bond acceptors (Lipinski definition) is 4. The zero-order valence-corrected chi connectivity index (χ0v) is 14.2. The Hall–Kier alpha value is -1.75. The summed E-state index contributed by atoms with van der Waals surface area (Å²) in [5.41, 5.74) is 2.47. The Labute approximate surface area is 138 Å². The van der Waals surface area contributed by atoms with Gasteiger partial charge in [-0.15, -0.1) is 6.58 Å². The summed E-state index contributed by atoms with van der Waals surface area (Å²) >= 11 is 0. The van der Waals surface area contributed by atoms with Gasteiger partial charge in [0.15, 0.2) is 0 Å². The third-order valence-electron chi connectivity index (χ3n) is 5.47. The van der Waals surface area contributed by atoms with E-state index >= 15 is 0 Å². The number of piperidine rings is 1. The van der Waals surface area contributed by atoms with Crippen molar-refractivity contribution in [2.75, 3.05) is 26.2 Å². The summed E-state index contributed by atoms with van der Waals surface area (Å²) in [5, 5.41) is 0. The molecule has 1 unspecified atom stereocenters. The van der Waals surface area contributed by atoms with E-state index in [0.29, 0.717) is 5.69 Å². The Morgan fingerprint density at radius 2 is 2.04 bits per heavy atom. The van der Waals surface area contributed by atoms with Crippen molar-refractivity contribution < 1.29 is 4.79 Å². The van der Waals surface area contributed by atoms with E-state index in [0.717, 1.165) is 43.9 Å². The summed E-state index contributed by atoms with van der Waals surface area (Å²) in [6, 6.07) is 0. The van der Waals surface area contributed by atoms with Crippen molar-refractivity contribution in [1.29, 1.82) is 0 Å². The molecule has 2 fully saturated rings. The first-order valence-electron chi connectivity index (χ1n) is 8.51. The van der Waals surface area contributed by atoms with Crippen LogP contribution in [0.2, 0.25) is 0 Å². The van der Waals surface area contributed by atoms with Crippen molar-refractivity contribution in [1.82, 2.24) is 19.8 Å². The first-order valence-corrected chi connectivity index (χ1v) is 8.51. The maximum Gasteiger partial charge on any atom is 0.272 e. The smallest absolute Gasteiger partial charge is 0.272 e. The lowest BCUT2D eigenvalue weighted by atomic mass is 9.86. The van der Waals surface area contributed by atoms with Gasteiger partial charge in [-0.05, 0) is 46.1 Å². The second kappa shape index (κ2) is 6.40. The first kappa shape index (κ1) is 16.1. The lowest BCUT2D eigenvalue weighted by Gasteiger charge is -2.45. The van der Waals surface area contributed by atoms with Crippen LogP contribution in [-0.4, -0.2) is 57.4 Å². The van der Waals surface area contributed by atoms with E-state index in [1.165, 1.54) is 25.6 Å². The Bertz CT molecular complexity index is 615. The van der Waals surface area contributed by atoms with E-state index in [4.69, 9.17) is 0 Å². The molecular formula is C18H26N4O. The highest BCUT2D eigenvalue weighted by molar-refractivity contribution is 5.94. The number of rotatable bonds is 3. The molecule has 2 aliphatic heterocycles. The molecule has 1 aromatic heterocycles. The molecule has 0 bridgehead atoms. The Balaban J connectivity index is 1.82. The normalized spacial score (nSPS) is 25.0. The van der Waals surface area contributed by atoms with E-state index in [9.17, 15) is 4.79 Å². The molecule has 5 heteroatoms. The van der Waals surface area contributed by atoms with Gasteiger partial charge in [-0.3, -0.25) is 9.69 Å². The Morgan fingerprint density at radius 3 is 2.78 bits per heavy atom. The maximum atomic E-state index is 13.0.